The molecule has 3 nitrogen and oxygen atoms in total. The molecule has 2 N–H and O–H groups in total. The van der Waals surface area contributed by atoms with Crippen molar-refractivity contribution in [2.24, 2.45) is 5.73 Å². The summed E-state index contributed by atoms with van der Waals surface area (Å²) in [7, 11) is 0. The molecule has 6 heteroatoms. The number of halogens is 3. The summed E-state index contributed by atoms with van der Waals surface area (Å²) in [5.41, 5.74) is 2.13. The zero-order valence-corrected chi connectivity index (χ0v) is 10.3. The van der Waals surface area contributed by atoms with Gasteiger partial charge in [0.05, 0.1) is 6.10 Å². The van der Waals surface area contributed by atoms with Crippen LogP contribution in [0.1, 0.15) is 30.1 Å². The van der Waals surface area contributed by atoms with E-state index in [1.165, 1.54) is 24.3 Å². The van der Waals surface area contributed by atoms with Gasteiger partial charge in [-0.2, -0.15) is 13.2 Å². The summed E-state index contributed by atoms with van der Waals surface area (Å²) in [6.07, 6.45) is -2.63. The van der Waals surface area contributed by atoms with Crippen molar-refractivity contribution >= 4 is 5.78 Å². The first-order valence-corrected chi connectivity index (χ1v) is 5.89. The van der Waals surface area contributed by atoms with E-state index in [9.17, 15) is 18.0 Å². The van der Waals surface area contributed by atoms with Crippen LogP contribution in [0.3, 0.4) is 0 Å². The Morgan fingerprint density at radius 2 is 1.79 bits per heavy atom. The van der Waals surface area contributed by atoms with Crippen LogP contribution in [0, 0.1) is 0 Å². The van der Waals surface area contributed by atoms with Gasteiger partial charge in [0.15, 0.2) is 11.3 Å². The predicted molar refractivity (Wildman–Crippen MR) is 63.1 cm³/mol. The number of benzene rings is 1. The zero-order valence-electron chi connectivity index (χ0n) is 10.3. The van der Waals surface area contributed by atoms with Gasteiger partial charge in [0.1, 0.15) is 5.75 Å². The molecule has 0 heterocycles. The molecule has 0 bridgehead atoms. The maximum atomic E-state index is 12.7. The monoisotopic (exact) mass is 273 g/mol. The topological polar surface area (TPSA) is 52.3 Å². The summed E-state index contributed by atoms with van der Waals surface area (Å²) < 4.78 is 43.4. The molecule has 1 aromatic carbocycles. The van der Waals surface area contributed by atoms with E-state index in [1.54, 1.807) is 0 Å². The second-order valence-electron chi connectivity index (χ2n) is 4.87. The molecule has 0 aromatic heterocycles. The molecule has 0 aliphatic heterocycles. The average Bonchev–Trinajstić information content (AvgIpc) is 3.11. The van der Waals surface area contributed by atoms with E-state index < -0.39 is 17.5 Å². The standard InChI is InChI=1S/C13H14F3NO2/c1-12(17,13(14,15)16)11(18)8-2-4-9(5-3-8)19-10-6-7-10/h2-5,10H,6-7,17H2,1H3. The highest BCUT2D eigenvalue weighted by Gasteiger charge is 2.53. The third kappa shape index (κ3) is 2.89. The van der Waals surface area contributed by atoms with Crippen molar-refractivity contribution < 1.29 is 22.7 Å². The Bertz CT molecular complexity index is 476. The molecule has 0 radical (unpaired) electrons. The Morgan fingerprint density at radius 3 is 2.21 bits per heavy atom. The van der Waals surface area contributed by atoms with Crippen LogP contribution in [-0.2, 0) is 0 Å². The molecular formula is C13H14F3NO2. The lowest BCUT2D eigenvalue weighted by atomic mass is 9.91. The van der Waals surface area contributed by atoms with Crippen molar-refractivity contribution in [2.45, 2.75) is 37.6 Å². The molecule has 1 saturated carbocycles. The molecule has 1 aliphatic carbocycles. The third-order valence-corrected chi connectivity index (χ3v) is 3.00. The summed E-state index contributed by atoms with van der Waals surface area (Å²) in [5.74, 6) is -0.609. The number of alkyl halides is 3. The number of carbonyl (C=O) groups is 1. The van der Waals surface area contributed by atoms with E-state index in [-0.39, 0.29) is 11.7 Å². The molecule has 19 heavy (non-hydrogen) atoms. The van der Waals surface area contributed by atoms with Gasteiger partial charge >= 0.3 is 6.18 Å². The molecular weight excluding hydrogens is 259 g/mol. The molecule has 1 aliphatic rings. The lowest BCUT2D eigenvalue weighted by molar-refractivity contribution is -0.165. The van der Waals surface area contributed by atoms with Gasteiger partial charge < -0.3 is 10.5 Å². The molecule has 0 amide bonds. The van der Waals surface area contributed by atoms with Gasteiger partial charge in [0, 0.05) is 5.56 Å². The van der Waals surface area contributed by atoms with Crippen molar-refractivity contribution in [3.8, 4) is 5.75 Å². The normalized spacial score (nSPS) is 18.8. The van der Waals surface area contributed by atoms with E-state index in [0.717, 1.165) is 12.8 Å². The van der Waals surface area contributed by atoms with Crippen LogP contribution in [0.25, 0.3) is 0 Å². The molecule has 0 saturated heterocycles. The van der Waals surface area contributed by atoms with Gasteiger partial charge in [-0.3, -0.25) is 4.79 Å². The molecule has 1 atom stereocenters. The highest BCUT2D eigenvalue weighted by Crippen LogP contribution is 2.32. The van der Waals surface area contributed by atoms with Gasteiger partial charge in [-0.1, -0.05) is 0 Å². The van der Waals surface area contributed by atoms with E-state index in [4.69, 9.17) is 10.5 Å². The number of hydrogen-bond acceptors (Lipinski definition) is 3. The quantitative estimate of drug-likeness (QED) is 0.858. The van der Waals surface area contributed by atoms with Gasteiger partial charge in [-0.05, 0) is 44.0 Å². The Balaban J connectivity index is 2.14. The molecule has 104 valence electrons. The Hall–Kier alpha value is -1.56. The summed E-state index contributed by atoms with van der Waals surface area (Å²) in [6.45, 7) is 0.671. The predicted octanol–water partition coefficient (Wildman–Crippen LogP) is 2.69. The highest BCUT2D eigenvalue weighted by molar-refractivity contribution is 6.03. The Labute approximate surface area is 108 Å². The number of carbonyl (C=O) groups excluding carboxylic acids is 1. The first-order chi connectivity index (χ1) is 8.72. The maximum Gasteiger partial charge on any atom is 0.413 e. The Kier molecular flexibility index (Phi) is 3.30. The van der Waals surface area contributed by atoms with Crippen LogP contribution in [0.4, 0.5) is 13.2 Å². The minimum absolute atomic E-state index is 0.0783. The fourth-order valence-electron chi connectivity index (χ4n) is 1.49. The van der Waals surface area contributed by atoms with E-state index >= 15 is 0 Å². The van der Waals surface area contributed by atoms with Crippen LogP contribution in [0.2, 0.25) is 0 Å². The number of Topliss-reactive ketones (excluding diaryl/α,β-unsaturated/α-hetero) is 1. The fraction of sp³-hybridized carbons (Fsp3) is 0.462. The molecule has 1 fully saturated rings. The summed E-state index contributed by atoms with van der Waals surface area (Å²) in [4.78, 5) is 11.8. The van der Waals surface area contributed by atoms with Gasteiger partial charge in [0.25, 0.3) is 0 Å². The number of hydrogen-bond donors (Lipinski definition) is 1. The summed E-state index contributed by atoms with van der Waals surface area (Å²) in [6, 6.07) is 5.57. The lowest BCUT2D eigenvalue weighted by Crippen LogP contribution is -2.57. The summed E-state index contributed by atoms with van der Waals surface area (Å²) in [5, 5.41) is 0. The highest BCUT2D eigenvalue weighted by atomic mass is 19.4. The van der Waals surface area contributed by atoms with Gasteiger partial charge in [-0.25, -0.2) is 0 Å². The van der Waals surface area contributed by atoms with Crippen LogP contribution in [0.15, 0.2) is 24.3 Å². The van der Waals surface area contributed by atoms with Crippen LogP contribution < -0.4 is 10.5 Å². The number of ether oxygens (including phenoxy) is 1. The molecule has 2 rings (SSSR count). The average molecular weight is 273 g/mol. The van der Waals surface area contributed by atoms with Crippen molar-refractivity contribution in [3.63, 3.8) is 0 Å². The number of ketones is 1. The van der Waals surface area contributed by atoms with E-state index in [0.29, 0.717) is 12.7 Å². The zero-order chi connectivity index (χ0) is 14.3. The smallest absolute Gasteiger partial charge is 0.413 e. The molecule has 1 unspecified atom stereocenters. The van der Waals surface area contributed by atoms with Crippen molar-refractivity contribution in [2.75, 3.05) is 0 Å². The maximum absolute atomic E-state index is 12.7. The number of nitrogens with two attached hydrogens (primary N) is 1. The number of rotatable bonds is 4. The van der Waals surface area contributed by atoms with Crippen LogP contribution >= 0.6 is 0 Å². The first kappa shape index (κ1) is 13.9. The van der Waals surface area contributed by atoms with Gasteiger partial charge in [-0.15, -0.1) is 0 Å². The lowest BCUT2D eigenvalue weighted by Gasteiger charge is -2.25. The fourth-order valence-corrected chi connectivity index (χ4v) is 1.49. The molecule has 0 spiro atoms. The van der Waals surface area contributed by atoms with Crippen molar-refractivity contribution in [1.82, 2.24) is 0 Å². The van der Waals surface area contributed by atoms with E-state index in [1.807, 2.05) is 0 Å². The molecule has 1 aromatic rings. The second kappa shape index (κ2) is 4.52. The first-order valence-electron chi connectivity index (χ1n) is 5.89. The van der Waals surface area contributed by atoms with E-state index in [2.05, 4.69) is 0 Å². The van der Waals surface area contributed by atoms with Crippen molar-refractivity contribution in [3.05, 3.63) is 29.8 Å². The van der Waals surface area contributed by atoms with Crippen LogP contribution in [0.5, 0.6) is 5.75 Å². The third-order valence-electron chi connectivity index (χ3n) is 3.00. The summed E-state index contributed by atoms with van der Waals surface area (Å²) >= 11 is 0. The second-order valence-corrected chi connectivity index (χ2v) is 4.87. The van der Waals surface area contributed by atoms with Crippen molar-refractivity contribution in [1.29, 1.82) is 0 Å². The largest absolute Gasteiger partial charge is 0.490 e. The minimum atomic E-state index is -4.78. The van der Waals surface area contributed by atoms with Gasteiger partial charge in [0.2, 0.25) is 0 Å². The minimum Gasteiger partial charge on any atom is -0.490 e. The van der Waals surface area contributed by atoms with Crippen LogP contribution in [-0.4, -0.2) is 23.6 Å². The SMILES string of the molecule is CC(N)(C(=O)c1ccc(OC2CC2)cc1)C(F)(F)F. The Morgan fingerprint density at radius 1 is 1.26 bits per heavy atom.